The van der Waals surface area contributed by atoms with E-state index in [-0.39, 0.29) is 5.69 Å². The molecule has 0 amide bonds. The lowest BCUT2D eigenvalue weighted by Gasteiger charge is -1.93. The van der Waals surface area contributed by atoms with Gasteiger partial charge in [-0.15, -0.1) is 11.3 Å². The van der Waals surface area contributed by atoms with Crippen LogP contribution in [0.25, 0.3) is 22.2 Å². The number of benzene rings is 1. The summed E-state index contributed by atoms with van der Waals surface area (Å²) < 4.78 is 5.15. The first-order chi connectivity index (χ1) is 10.2. The van der Waals surface area contributed by atoms with E-state index in [1.165, 1.54) is 23.5 Å². The number of nitrogens with zero attached hydrogens (tertiary/aromatic N) is 4. The number of nitro benzene ring substituents is 1. The molecule has 0 saturated carbocycles. The number of hydrogen-bond acceptors (Lipinski definition) is 7. The second kappa shape index (κ2) is 5.15. The minimum atomic E-state index is -0.472. The summed E-state index contributed by atoms with van der Waals surface area (Å²) in [6.07, 6.45) is 0. The van der Waals surface area contributed by atoms with Crippen LogP contribution in [0.15, 0.2) is 40.9 Å². The second-order valence-electron chi connectivity index (χ2n) is 4.00. The molecule has 8 heteroatoms. The van der Waals surface area contributed by atoms with Crippen molar-refractivity contribution in [2.45, 2.75) is 0 Å². The van der Waals surface area contributed by atoms with Crippen LogP contribution in [0.1, 0.15) is 4.88 Å². The zero-order chi connectivity index (χ0) is 14.8. The van der Waals surface area contributed by atoms with Gasteiger partial charge in [0.1, 0.15) is 10.9 Å². The van der Waals surface area contributed by atoms with E-state index in [2.05, 4.69) is 10.1 Å². The van der Waals surface area contributed by atoms with Gasteiger partial charge in [0, 0.05) is 17.7 Å². The number of non-ortho nitro benzene ring substituents is 1. The summed E-state index contributed by atoms with van der Waals surface area (Å²) in [5.74, 6) is 0.654. The highest BCUT2D eigenvalue weighted by Gasteiger charge is 2.13. The Morgan fingerprint density at radius 2 is 2.00 bits per heavy atom. The number of thiophene rings is 1. The molecule has 21 heavy (non-hydrogen) atoms. The standard InChI is InChI=1S/C13H6N4O3S/c14-7-10-5-6-11(21-10)13-15-12(16-20-13)8-1-3-9(4-2-8)17(18)19/h1-6H. The summed E-state index contributed by atoms with van der Waals surface area (Å²) in [6, 6.07) is 11.3. The molecule has 0 atom stereocenters. The van der Waals surface area contributed by atoms with Crippen molar-refractivity contribution < 1.29 is 9.45 Å². The fraction of sp³-hybridized carbons (Fsp3) is 0. The molecule has 0 aliphatic heterocycles. The van der Waals surface area contributed by atoms with E-state index in [0.29, 0.717) is 27.0 Å². The molecule has 3 rings (SSSR count). The Balaban J connectivity index is 1.91. The molecule has 2 heterocycles. The van der Waals surface area contributed by atoms with Gasteiger partial charge in [-0.05, 0) is 24.3 Å². The molecule has 102 valence electrons. The predicted molar refractivity (Wildman–Crippen MR) is 74.4 cm³/mol. The Hall–Kier alpha value is -3.05. The molecule has 0 aliphatic carbocycles. The molecule has 2 aromatic heterocycles. The summed E-state index contributed by atoms with van der Waals surface area (Å²) in [6.45, 7) is 0. The fourth-order valence-corrected chi connectivity index (χ4v) is 2.41. The first-order valence-electron chi connectivity index (χ1n) is 5.76. The maximum absolute atomic E-state index is 10.6. The van der Waals surface area contributed by atoms with Crippen LogP contribution in [-0.2, 0) is 0 Å². The molecule has 0 spiro atoms. The summed E-state index contributed by atoms with van der Waals surface area (Å²) in [5, 5.41) is 23.2. The highest BCUT2D eigenvalue weighted by Crippen LogP contribution is 2.28. The van der Waals surface area contributed by atoms with Crippen LogP contribution >= 0.6 is 11.3 Å². The minimum absolute atomic E-state index is 0.000567. The van der Waals surface area contributed by atoms with Gasteiger partial charge in [-0.1, -0.05) is 5.16 Å². The highest BCUT2D eigenvalue weighted by molar-refractivity contribution is 7.15. The van der Waals surface area contributed by atoms with Gasteiger partial charge in [0.2, 0.25) is 5.82 Å². The SMILES string of the molecule is N#Cc1ccc(-c2nc(-c3ccc([N+](=O)[O-])cc3)no2)s1. The van der Waals surface area contributed by atoms with Crippen LogP contribution in [0, 0.1) is 21.4 Å². The van der Waals surface area contributed by atoms with E-state index in [0.717, 1.165) is 0 Å². The van der Waals surface area contributed by atoms with Crippen molar-refractivity contribution in [1.82, 2.24) is 10.1 Å². The Kier molecular flexibility index (Phi) is 3.17. The quantitative estimate of drug-likeness (QED) is 0.542. The monoisotopic (exact) mass is 298 g/mol. The van der Waals surface area contributed by atoms with E-state index in [9.17, 15) is 10.1 Å². The largest absolute Gasteiger partial charge is 0.333 e. The molecule has 0 saturated heterocycles. The van der Waals surface area contributed by atoms with Crippen LogP contribution < -0.4 is 0 Å². The number of aromatic nitrogens is 2. The first kappa shape index (κ1) is 13.0. The van der Waals surface area contributed by atoms with E-state index in [1.807, 2.05) is 6.07 Å². The molecule has 0 bridgehead atoms. The Morgan fingerprint density at radius 1 is 1.24 bits per heavy atom. The maximum Gasteiger partial charge on any atom is 0.269 e. The lowest BCUT2D eigenvalue weighted by Crippen LogP contribution is -1.87. The first-order valence-corrected chi connectivity index (χ1v) is 6.58. The second-order valence-corrected chi connectivity index (χ2v) is 5.09. The maximum atomic E-state index is 10.6. The third-order valence-corrected chi connectivity index (χ3v) is 3.67. The van der Waals surface area contributed by atoms with Gasteiger partial charge in [-0.25, -0.2) is 0 Å². The van der Waals surface area contributed by atoms with Gasteiger partial charge >= 0.3 is 0 Å². The summed E-state index contributed by atoms with van der Waals surface area (Å²) in [5.41, 5.74) is 0.618. The summed E-state index contributed by atoms with van der Waals surface area (Å²) in [4.78, 5) is 15.6. The van der Waals surface area contributed by atoms with Gasteiger partial charge in [0.25, 0.3) is 11.6 Å². The third kappa shape index (κ3) is 2.50. The predicted octanol–water partition coefficient (Wildman–Crippen LogP) is 3.24. The van der Waals surface area contributed by atoms with Crippen molar-refractivity contribution in [3.63, 3.8) is 0 Å². The third-order valence-electron chi connectivity index (χ3n) is 2.69. The van der Waals surface area contributed by atoms with Crippen LogP contribution in [-0.4, -0.2) is 15.1 Å². The molecule has 0 N–H and O–H groups in total. The van der Waals surface area contributed by atoms with E-state index >= 15 is 0 Å². The average Bonchev–Trinajstić information content (AvgIpc) is 3.16. The van der Waals surface area contributed by atoms with Crippen LogP contribution in [0.4, 0.5) is 5.69 Å². The summed E-state index contributed by atoms with van der Waals surface area (Å²) >= 11 is 1.25. The Labute approximate surface area is 122 Å². The van der Waals surface area contributed by atoms with Crippen molar-refractivity contribution in [1.29, 1.82) is 5.26 Å². The normalized spacial score (nSPS) is 10.2. The number of nitro groups is 1. The topological polar surface area (TPSA) is 106 Å². The number of hydrogen-bond donors (Lipinski definition) is 0. The molecular weight excluding hydrogens is 292 g/mol. The fourth-order valence-electron chi connectivity index (χ4n) is 1.69. The van der Waals surface area contributed by atoms with Crippen molar-refractivity contribution in [3.8, 4) is 28.2 Å². The molecular formula is C13H6N4O3S. The highest BCUT2D eigenvalue weighted by atomic mass is 32.1. The van der Waals surface area contributed by atoms with Gasteiger partial charge in [-0.2, -0.15) is 10.2 Å². The van der Waals surface area contributed by atoms with Crippen LogP contribution in [0.2, 0.25) is 0 Å². The minimum Gasteiger partial charge on any atom is -0.333 e. The van der Waals surface area contributed by atoms with E-state index < -0.39 is 4.92 Å². The van der Waals surface area contributed by atoms with E-state index in [1.54, 1.807) is 24.3 Å². The van der Waals surface area contributed by atoms with Gasteiger partial charge < -0.3 is 4.52 Å². The molecule has 0 fully saturated rings. The van der Waals surface area contributed by atoms with Crippen molar-refractivity contribution in [2.24, 2.45) is 0 Å². The number of nitriles is 1. The van der Waals surface area contributed by atoms with Crippen LogP contribution in [0.3, 0.4) is 0 Å². The summed E-state index contributed by atoms with van der Waals surface area (Å²) in [7, 11) is 0. The zero-order valence-electron chi connectivity index (χ0n) is 10.4. The van der Waals surface area contributed by atoms with Crippen LogP contribution in [0.5, 0.6) is 0 Å². The zero-order valence-corrected chi connectivity index (χ0v) is 11.2. The lowest BCUT2D eigenvalue weighted by atomic mass is 10.2. The lowest BCUT2D eigenvalue weighted by molar-refractivity contribution is -0.384. The molecule has 3 aromatic rings. The number of rotatable bonds is 3. The molecule has 0 aliphatic rings. The Bertz CT molecular complexity index is 845. The molecule has 0 unspecified atom stereocenters. The Morgan fingerprint density at radius 3 is 2.62 bits per heavy atom. The van der Waals surface area contributed by atoms with Crippen molar-refractivity contribution in [2.75, 3.05) is 0 Å². The van der Waals surface area contributed by atoms with Gasteiger partial charge in [0.05, 0.1) is 9.80 Å². The molecule has 0 radical (unpaired) electrons. The molecule has 1 aromatic carbocycles. The van der Waals surface area contributed by atoms with Crippen molar-refractivity contribution >= 4 is 17.0 Å². The molecule has 7 nitrogen and oxygen atoms in total. The van der Waals surface area contributed by atoms with E-state index in [4.69, 9.17) is 9.78 Å². The van der Waals surface area contributed by atoms with Gasteiger partial charge in [-0.3, -0.25) is 10.1 Å². The van der Waals surface area contributed by atoms with Gasteiger partial charge in [0.15, 0.2) is 0 Å². The van der Waals surface area contributed by atoms with Crippen molar-refractivity contribution in [3.05, 3.63) is 51.4 Å². The smallest absolute Gasteiger partial charge is 0.269 e. The average molecular weight is 298 g/mol.